The van der Waals surface area contributed by atoms with E-state index in [0.29, 0.717) is 27.6 Å². The minimum Gasteiger partial charge on any atom is -0.309 e. The van der Waals surface area contributed by atoms with Crippen LogP contribution in [-0.2, 0) is 5.75 Å². The zero-order valence-corrected chi connectivity index (χ0v) is 16.0. The molecule has 4 rings (SSSR count). The summed E-state index contributed by atoms with van der Waals surface area (Å²) >= 11 is 1.43. The second-order valence-electron chi connectivity index (χ2n) is 6.14. The molecule has 0 fully saturated rings. The SMILES string of the molecule is Cc1cc(C#Cc2ccccc2)cc2c(=O)[nH]c(CSc3ncccn3)nc12. The maximum absolute atomic E-state index is 12.6. The predicted octanol–water partition coefficient (Wildman–Crippen LogP) is 3.71. The molecule has 2 aromatic carbocycles. The van der Waals surface area contributed by atoms with Gasteiger partial charge < -0.3 is 4.98 Å². The Balaban J connectivity index is 1.65. The molecule has 0 atom stereocenters. The van der Waals surface area contributed by atoms with Crippen molar-refractivity contribution in [3.63, 3.8) is 0 Å². The molecular weight excluding hydrogens is 368 g/mol. The number of nitrogens with zero attached hydrogens (tertiary/aromatic N) is 3. The van der Waals surface area contributed by atoms with Crippen molar-refractivity contribution in [2.24, 2.45) is 0 Å². The second kappa shape index (κ2) is 8.07. The Kier molecular flexibility index (Phi) is 5.18. The number of rotatable bonds is 3. The van der Waals surface area contributed by atoms with Gasteiger partial charge in [0.15, 0.2) is 5.16 Å². The van der Waals surface area contributed by atoms with Crippen LogP contribution in [0.15, 0.2) is 70.9 Å². The number of nitrogens with one attached hydrogen (secondary N) is 1. The average Bonchev–Trinajstić information content (AvgIpc) is 2.73. The van der Waals surface area contributed by atoms with E-state index in [0.717, 1.165) is 16.7 Å². The lowest BCUT2D eigenvalue weighted by atomic mass is 10.1. The fourth-order valence-corrected chi connectivity index (χ4v) is 3.43. The summed E-state index contributed by atoms with van der Waals surface area (Å²) in [5.74, 6) is 7.34. The van der Waals surface area contributed by atoms with Crippen LogP contribution in [0.3, 0.4) is 0 Å². The monoisotopic (exact) mass is 384 g/mol. The fourth-order valence-electron chi connectivity index (χ4n) is 2.76. The Bertz CT molecular complexity index is 1240. The van der Waals surface area contributed by atoms with Crippen LogP contribution in [0, 0.1) is 18.8 Å². The molecule has 0 spiro atoms. The number of aromatic nitrogens is 4. The molecule has 0 aliphatic heterocycles. The summed E-state index contributed by atoms with van der Waals surface area (Å²) in [6, 6.07) is 15.3. The molecule has 4 aromatic rings. The number of hydrogen-bond donors (Lipinski definition) is 1. The lowest BCUT2D eigenvalue weighted by Crippen LogP contribution is -2.12. The number of aromatic amines is 1. The zero-order chi connectivity index (χ0) is 19.3. The van der Waals surface area contributed by atoms with E-state index in [1.807, 2.05) is 43.3 Å². The lowest BCUT2D eigenvalue weighted by molar-refractivity contribution is 0.958. The molecule has 0 aliphatic carbocycles. The Morgan fingerprint density at radius 1 is 1.00 bits per heavy atom. The van der Waals surface area contributed by atoms with Gasteiger partial charge in [0.2, 0.25) is 0 Å². The van der Waals surface area contributed by atoms with Crippen molar-refractivity contribution in [3.05, 3.63) is 93.8 Å². The van der Waals surface area contributed by atoms with E-state index in [-0.39, 0.29) is 5.56 Å². The van der Waals surface area contributed by atoms with E-state index in [2.05, 4.69) is 31.8 Å². The summed E-state index contributed by atoms with van der Waals surface area (Å²) in [6.07, 6.45) is 3.38. The van der Waals surface area contributed by atoms with Gasteiger partial charge in [0.05, 0.1) is 16.7 Å². The number of thioether (sulfide) groups is 1. The van der Waals surface area contributed by atoms with Gasteiger partial charge in [0.1, 0.15) is 5.82 Å². The van der Waals surface area contributed by atoms with Crippen LogP contribution in [0.2, 0.25) is 0 Å². The fraction of sp³-hybridized carbons (Fsp3) is 0.0909. The van der Waals surface area contributed by atoms with E-state index in [1.54, 1.807) is 24.5 Å². The quantitative estimate of drug-likeness (QED) is 0.331. The maximum atomic E-state index is 12.6. The van der Waals surface area contributed by atoms with Gasteiger partial charge in [0.25, 0.3) is 5.56 Å². The highest BCUT2D eigenvalue weighted by Crippen LogP contribution is 2.19. The summed E-state index contributed by atoms with van der Waals surface area (Å²) in [6.45, 7) is 1.94. The van der Waals surface area contributed by atoms with Gasteiger partial charge in [-0.15, -0.1) is 0 Å². The molecule has 0 radical (unpaired) electrons. The first-order valence-corrected chi connectivity index (χ1v) is 9.68. The molecular formula is C22H16N4OS. The molecule has 0 amide bonds. The smallest absolute Gasteiger partial charge is 0.258 e. The van der Waals surface area contributed by atoms with Crippen LogP contribution < -0.4 is 5.56 Å². The van der Waals surface area contributed by atoms with Crippen LogP contribution >= 0.6 is 11.8 Å². The van der Waals surface area contributed by atoms with Crippen molar-refractivity contribution in [2.45, 2.75) is 17.8 Å². The highest BCUT2D eigenvalue weighted by Gasteiger charge is 2.09. The van der Waals surface area contributed by atoms with Crippen molar-refractivity contribution in [2.75, 3.05) is 0 Å². The summed E-state index contributed by atoms with van der Waals surface area (Å²) in [7, 11) is 0. The largest absolute Gasteiger partial charge is 0.309 e. The van der Waals surface area contributed by atoms with Crippen molar-refractivity contribution in [1.29, 1.82) is 0 Å². The van der Waals surface area contributed by atoms with Crippen LogP contribution in [0.5, 0.6) is 0 Å². The zero-order valence-electron chi connectivity index (χ0n) is 15.1. The van der Waals surface area contributed by atoms with Crippen molar-refractivity contribution >= 4 is 22.7 Å². The summed E-state index contributed by atoms with van der Waals surface area (Å²) in [5.41, 5.74) is 3.17. The van der Waals surface area contributed by atoms with Crippen LogP contribution in [0.4, 0.5) is 0 Å². The van der Waals surface area contributed by atoms with E-state index >= 15 is 0 Å². The highest BCUT2D eigenvalue weighted by atomic mass is 32.2. The molecule has 2 heterocycles. The van der Waals surface area contributed by atoms with Crippen LogP contribution in [-0.4, -0.2) is 19.9 Å². The van der Waals surface area contributed by atoms with Gasteiger partial charge in [0, 0.05) is 23.5 Å². The number of H-pyrrole nitrogens is 1. The van der Waals surface area contributed by atoms with E-state index in [9.17, 15) is 4.79 Å². The van der Waals surface area contributed by atoms with Crippen molar-refractivity contribution in [3.8, 4) is 11.8 Å². The summed E-state index contributed by atoms with van der Waals surface area (Å²) in [4.78, 5) is 28.4. The number of benzene rings is 2. The Morgan fingerprint density at radius 2 is 1.75 bits per heavy atom. The van der Waals surface area contributed by atoms with Crippen LogP contribution in [0.1, 0.15) is 22.5 Å². The third-order valence-electron chi connectivity index (χ3n) is 4.05. The molecule has 5 nitrogen and oxygen atoms in total. The molecule has 0 saturated heterocycles. The van der Waals surface area contributed by atoms with Gasteiger partial charge in [-0.1, -0.05) is 41.8 Å². The predicted molar refractivity (Wildman–Crippen MR) is 111 cm³/mol. The molecule has 0 bridgehead atoms. The number of fused-ring (bicyclic) bond motifs is 1. The summed E-state index contributed by atoms with van der Waals surface area (Å²) in [5, 5.41) is 1.19. The van der Waals surface area contributed by atoms with Gasteiger partial charge >= 0.3 is 0 Å². The third-order valence-corrected chi connectivity index (χ3v) is 4.94. The standard InChI is InChI=1S/C22H16N4OS/c1-15-12-17(9-8-16-6-3-2-4-7-16)13-18-20(15)25-19(26-21(18)27)14-28-22-23-10-5-11-24-22/h2-7,10-13H,14H2,1H3,(H,25,26,27). The van der Waals surface area contributed by atoms with E-state index < -0.39 is 0 Å². The minimum atomic E-state index is -0.166. The first-order chi connectivity index (χ1) is 13.7. The molecule has 136 valence electrons. The topological polar surface area (TPSA) is 71.5 Å². The molecule has 6 heteroatoms. The minimum absolute atomic E-state index is 0.166. The molecule has 1 N–H and O–H groups in total. The Labute approximate surface area is 166 Å². The lowest BCUT2D eigenvalue weighted by Gasteiger charge is -2.06. The van der Waals surface area contributed by atoms with Gasteiger partial charge in [-0.05, 0) is 42.8 Å². The molecule has 28 heavy (non-hydrogen) atoms. The Hall–Kier alpha value is -3.43. The highest BCUT2D eigenvalue weighted by molar-refractivity contribution is 7.98. The second-order valence-corrected chi connectivity index (χ2v) is 7.08. The molecule has 2 aromatic heterocycles. The molecule has 0 unspecified atom stereocenters. The average molecular weight is 384 g/mol. The van der Waals surface area contributed by atoms with Gasteiger partial charge in [-0.2, -0.15) is 0 Å². The first kappa shape index (κ1) is 18.0. The van der Waals surface area contributed by atoms with Gasteiger partial charge in [-0.25, -0.2) is 15.0 Å². The van der Waals surface area contributed by atoms with Crippen molar-refractivity contribution < 1.29 is 0 Å². The van der Waals surface area contributed by atoms with Crippen LogP contribution in [0.25, 0.3) is 10.9 Å². The number of aryl methyl sites for hydroxylation is 1. The van der Waals surface area contributed by atoms with E-state index in [4.69, 9.17) is 0 Å². The maximum Gasteiger partial charge on any atom is 0.258 e. The number of hydrogen-bond acceptors (Lipinski definition) is 5. The van der Waals surface area contributed by atoms with Gasteiger partial charge in [-0.3, -0.25) is 4.79 Å². The third kappa shape index (κ3) is 4.11. The van der Waals surface area contributed by atoms with Crippen molar-refractivity contribution in [1.82, 2.24) is 19.9 Å². The van der Waals surface area contributed by atoms with E-state index in [1.165, 1.54) is 11.8 Å². The molecule has 0 aliphatic rings. The Morgan fingerprint density at radius 3 is 2.54 bits per heavy atom. The normalized spacial score (nSPS) is 10.5. The molecule has 0 saturated carbocycles. The first-order valence-electron chi connectivity index (χ1n) is 8.69. The summed E-state index contributed by atoms with van der Waals surface area (Å²) < 4.78 is 0.